The van der Waals surface area contributed by atoms with Gasteiger partial charge in [0.2, 0.25) is 11.7 Å². The Balaban J connectivity index is 1.68. The van der Waals surface area contributed by atoms with Crippen LogP contribution in [0.4, 0.5) is 6.01 Å². The van der Waals surface area contributed by atoms with Crippen molar-refractivity contribution in [3.8, 4) is 0 Å². The molecule has 0 atom stereocenters. The third-order valence-electron chi connectivity index (χ3n) is 2.66. The molecule has 94 valence electrons. The van der Waals surface area contributed by atoms with Crippen molar-refractivity contribution in [3.05, 3.63) is 17.5 Å². The number of H-pyrrole nitrogens is 1. The molecule has 1 aliphatic carbocycles. The lowest BCUT2D eigenvalue weighted by molar-refractivity contribution is 0.101. The minimum Gasteiger partial charge on any atom is -0.408 e. The number of hydrogen-bond donors (Lipinski definition) is 2. The predicted octanol–water partition coefficient (Wildman–Crippen LogP) is 0.880. The topological polar surface area (TPSA) is 110 Å². The fourth-order valence-electron chi connectivity index (χ4n) is 1.49. The van der Waals surface area contributed by atoms with Crippen molar-refractivity contribution in [1.29, 1.82) is 0 Å². The van der Waals surface area contributed by atoms with Gasteiger partial charge in [0.25, 0.3) is 5.91 Å². The van der Waals surface area contributed by atoms with Gasteiger partial charge in [0.15, 0.2) is 0 Å². The largest absolute Gasteiger partial charge is 0.408 e. The Hall–Kier alpha value is -2.25. The first kappa shape index (κ1) is 10.9. The van der Waals surface area contributed by atoms with E-state index in [1.807, 2.05) is 6.92 Å². The highest BCUT2D eigenvalue weighted by atomic mass is 16.4. The summed E-state index contributed by atoms with van der Waals surface area (Å²) < 4.78 is 5.31. The summed E-state index contributed by atoms with van der Waals surface area (Å²) in [6, 6.07) is 0.0877. The van der Waals surface area contributed by atoms with Crippen LogP contribution in [0.1, 0.15) is 48.0 Å². The fourth-order valence-corrected chi connectivity index (χ4v) is 1.49. The second kappa shape index (κ2) is 4.21. The highest BCUT2D eigenvalue weighted by Crippen LogP contribution is 2.39. The second-order valence-electron chi connectivity index (χ2n) is 4.13. The monoisotopic (exact) mass is 248 g/mol. The first-order valence-corrected chi connectivity index (χ1v) is 5.82. The summed E-state index contributed by atoms with van der Waals surface area (Å²) in [5.41, 5.74) is 0. The summed E-state index contributed by atoms with van der Waals surface area (Å²) in [7, 11) is 0. The van der Waals surface area contributed by atoms with E-state index in [0.717, 1.165) is 12.8 Å². The molecule has 0 radical (unpaired) electrons. The minimum absolute atomic E-state index is 0.0676. The Morgan fingerprint density at radius 1 is 1.50 bits per heavy atom. The fraction of sp³-hybridized carbons (Fsp3) is 0.500. The molecule has 8 nitrogen and oxygen atoms in total. The van der Waals surface area contributed by atoms with Gasteiger partial charge in [-0.3, -0.25) is 15.2 Å². The van der Waals surface area contributed by atoms with Crippen LogP contribution in [0.5, 0.6) is 0 Å². The van der Waals surface area contributed by atoms with E-state index in [4.69, 9.17) is 4.42 Å². The number of nitrogens with one attached hydrogen (secondary N) is 2. The molecule has 2 N–H and O–H groups in total. The van der Waals surface area contributed by atoms with E-state index in [-0.39, 0.29) is 11.8 Å². The summed E-state index contributed by atoms with van der Waals surface area (Å²) in [4.78, 5) is 15.8. The molecule has 1 saturated carbocycles. The molecule has 2 aromatic rings. The maximum Gasteiger partial charge on any atom is 0.322 e. The number of carbonyl (C=O) groups excluding carboxylic acids is 1. The molecule has 0 saturated heterocycles. The van der Waals surface area contributed by atoms with Crippen LogP contribution in [0, 0.1) is 0 Å². The summed E-state index contributed by atoms with van der Waals surface area (Å²) in [5, 5.41) is 16.6. The van der Waals surface area contributed by atoms with Crippen LogP contribution < -0.4 is 5.32 Å². The zero-order valence-corrected chi connectivity index (χ0v) is 9.80. The molecular formula is C10H12N6O2. The van der Waals surface area contributed by atoms with Crippen LogP contribution in [0.25, 0.3) is 0 Å². The van der Waals surface area contributed by atoms with Gasteiger partial charge >= 0.3 is 6.01 Å². The zero-order valence-electron chi connectivity index (χ0n) is 9.80. The van der Waals surface area contributed by atoms with Crippen LogP contribution in [0.3, 0.4) is 0 Å². The Bertz CT molecular complexity index is 570. The van der Waals surface area contributed by atoms with Crippen LogP contribution in [0.15, 0.2) is 4.42 Å². The molecular weight excluding hydrogens is 236 g/mol. The van der Waals surface area contributed by atoms with Crippen molar-refractivity contribution < 1.29 is 9.21 Å². The van der Waals surface area contributed by atoms with Gasteiger partial charge in [0.05, 0.1) is 0 Å². The van der Waals surface area contributed by atoms with Crippen molar-refractivity contribution in [2.24, 2.45) is 0 Å². The van der Waals surface area contributed by atoms with E-state index in [0.29, 0.717) is 24.1 Å². The Morgan fingerprint density at radius 3 is 3.00 bits per heavy atom. The number of aromatic amines is 1. The molecule has 0 bridgehead atoms. The number of carbonyl (C=O) groups is 1. The van der Waals surface area contributed by atoms with Gasteiger partial charge in [-0.15, -0.1) is 10.2 Å². The molecule has 2 aromatic heterocycles. The van der Waals surface area contributed by atoms with Crippen molar-refractivity contribution in [1.82, 2.24) is 25.4 Å². The lowest BCUT2D eigenvalue weighted by Crippen LogP contribution is -2.14. The van der Waals surface area contributed by atoms with E-state index < -0.39 is 5.91 Å². The molecule has 1 fully saturated rings. The lowest BCUT2D eigenvalue weighted by Gasteiger charge is -1.94. The van der Waals surface area contributed by atoms with Crippen molar-refractivity contribution in [2.75, 3.05) is 5.32 Å². The quantitative estimate of drug-likeness (QED) is 0.831. The van der Waals surface area contributed by atoms with Crippen molar-refractivity contribution in [2.45, 2.75) is 32.1 Å². The molecule has 0 aromatic carbocycles. The molecule has 1 amide bonds. The summed E-state index contributed by atoms with van der Waals surface area (Å²) >= 11 is 0. The van der Waals surface area contributed by atoms with Gasteiger partial charge in [-0.1, -0.05) is 12.0 Å². The Kier molecular flexibility index (Phi) is 2.54. The first-order chi connectivity index (χ1) is 8.76. The average Bonchev–Trinajstić information content (AvgIpc) is 2.93. The summed E-state index contributed by atoms with van der Waals surface area (Å²) in [5.74, 6) is 1.20. The van der Waals surface area contributed by atoms with E-state index in [2.05, 4.69) is 30.7 Å². The summed E-state index contributed by atoms with van der Waals surface area (Å²) in [6.07, 6.45) is 2.82. The molecule has 3 rings (SSSR count). The molecule has 2 heterocycles. The van der Waals surface area contributed by atoms with E-state index in [9.17, 15) is 4.79 Å². The van der Waals surface area contributed by atoms with Crippen LogP contribution in [-0.2, 0) is 6.42 Å². The second-order valence-corrected chi connectivity index (χ2v) is 4.13. The first-order valence-electron chi connectivity index (χ1n) is 5.82. The van der Waals surface area contributed by atoms with Crippen LogP contribution in [0.2, 0.25) is 0 Å². The standard InChI is InChI=1S/C10H12N6O2/c1-2-6-11-7(14-13-6)8(17)12-10-16-15-9(18-10)5-3-4-5/h5H,2-4H2,1H3,(H,11,13,14)(H,12,16,17). The smallest absolute Gasteiger partial charge is 0.322 e. The highest BCUT2D eigenvalue weighted by molar-refractivity contribution is 6.00. The van der Waals surface area contributed by atoms with Gasteiger partial charge in [-0.2, -0.15) is 0 Å². The Labute approximate surface area is 102 Å². The van der Waals surface area contributed by atoms with Gasteiger partial charge in [0, 0.05) is 12.3 Å². The summed E-state index contributed by atoms with van der Waals surface area (Å²) in [6.45, 7) is 1.92. The van der Waals surface area contributed by atoms with Gasteiger partial charge in [-0.25, -0.2) is 4.98 Å². The van der Waals surface area contributed by atoms with Crippen molar-refractivity contribution >= 4 is 11.9 Å². The van der Waals surface area contributed by atoms with Crippen LogP contribution >= 0.6 is 0 Å². The highest BCUT2D eigenvalue weighted by Gasteiger charge is 2.29. The molecule has 0 unspecified atom stereocenters. The maximum atomic E-state index is 11.8. The minimum atomic E-state index is -0.461. The maximum absolute atomic E-state index is 11.8. The number of aryl methyl sites for hydroxylation is 1. The lowest BCUT2D eigenvalue weighted by atomic mass is 10.4. The molecule has 18 heavy (non-hydrogen) atoms. The Morgan fingerprint density at radius 2 is 2.33 bits per heavy atom. The normalized spacial score (nSPS) is 14.7. The number of nitrogens with zero attached hydrogens (tertiary/aromatic N) is 4. The zero-order chi connectivity index (χ0) is 12.5. The van der Waals surface area contributed by atoms with Gasteiger partial charge in [0.1, 0.15) is 5.82 Å². The predicted molar refractivity (Wildman–Crippen MR) is 60.0 cm³/mol. The third kappa shape index (κ3) is 2.08. The number of amides is 1. The SMILES string of the molecule is CCc1nc(C(=O)Nc2nnc(C3CC3)o2)n[nH]1. The molecule has 1 aliphatic rings. The molecule has 0 spiro atoms. The average molecular weight is 248 g/mol. The van der Waals surface area contributed by atoms with E-state index in [1.165, 1.54) is 0 Å². The number of hydrogen-bond acceptors (Lipinski definition) is 6. The number of anilines is 1. The number of aromatic nitrogens is 5. The van der Waals surface area contributed by atoms with Gasteiger partial charge < -0.3 is 4.42 Å². The van der Waals surface area contributed by atoms with Crippen molar-refractivity contribution in [3.63, 3.8) is 0 Å². The molecule has 0 aliphatic heterocycles. The van der Waals surface area contributed by atoms with Crippen LogP contribution in [-0.4, -0.2) is 31.3 Å². The third-order valence-corrected chi connectivity index (χ3v) is 2.66. The van der Waals surface area contributed by atoms with E-state index in [1.54, 1.807) is 0 Å². The van der Waals surface area contributed by atoms with Gasteiger partial charge in [-0.05, 0) is 12.8 Å². The number of rotatable bonds is 4. The molecule has 8 heteroatoms. The van der Waals surface area contributed by atoms with E-state index >= 15 is 0 Å².